The van der Waals surface area contributed by atoms with Crippen molar-refractivity contribution in [3.05, 3.63) is 47.6 Å². The summed E-state index contributed by atoms with van der Waals surface area (Å²) in [5.41, 5.74) is 2.48. The predicted molar refractivity (Wildman–Crippen MR) is 99.9 cm³/mol. The Labute approximate surface area is 149 Å². The number of pyridine rings is 1. The molecule has 0 aliphatic heterocycles. The van der Waals surface area contributed by atoms with Crippen LogP contribution in [-0.2, 0) is 0 Å². The number of hydrazone groups is 1. The number of thiophene rings is 1. The van der Waals surface area contributed by atoms with Crippen molar-refractivity contribution in [2.45, 2.75) is 20.0 Å². The Morgan fingerprint density at radius 1 is 1.24 bits per heavy atom. The van der Waals surface area contributed by atoms with Gasteiger partial charge in [-0.2, -0.15) is 5.10 Å². The number of aromatic nitrogens is 1. The zero-order valence-corrected chi connectivity index (χ0v) is 14.7. The Balaban J connectivity index is 1.94. The molecule has 0 unspecified atom stereocenters. The lowest BCUT2D eigenvalue weighted by Crippen LogP contribution is -2.31. The van der Waals surface area contributed by atoms with Gasteiger partial charge in [0, 0.05) is 17.6 Å². The van der Waals surface area contributed by atoms with E-state index >= 15 is 0 Å². The smallest absolute Gasteiger partial charge is 0.176 e. The summed E-state index contributed by atoms with van der Waals surface area (Å²) < 4.78 is 12.7. The van der Waals surface area contributed by atoms with Crippen LogP contribution in [-0.4, -0.2) is 16.9 Å². The molecule has 3 aromatic rings. The molecule has 0 fully saturated rings. The fourth-order valence-electron chi connectivity index (χ4n) is 2.32. The molecule has 0 atom stereocenters. The summed E-state index contributed by atoms with van der Waals surface area (Å²) >= 11 is 1.47. The quantitative estimate of drug-likeness (QED) is 0.280. The number of nitrogens with zero attached hydrogens (tertiary/aromatic N) is 2. The van der Waals surface area contributed by atoms with E-state index in [9.17, 15) is 0 Å². The molecule has 0 saturated heterocycles. The van der Waals surface area contributed by atoms with E-state index in [1.54, 1.807) is 12.4 Å². The van der Waals surface area contributed by atoms with Crippen LogP contribution < -0.4 is 26.6 Å². The van der Waals surface area contributed by atoms with Gasteiger partial charge in [0.1, 0.15) is 11.5 Å². The average molecular weight is 357 g/mol. The highest BCUT2D eigenvalue weighted by Crippen LogP contribution is 2.35. The number of hydrazine groups is 1. The van der Waals surface area contributed by atoms with Gasteiger partial charge in [-0.25, -0.2) is 5.84 Å². The van der Waals surface area contributed by atoms with Gasteiger partial charge < -0.3 is 20.7 Å². The standard InChI is InChI=1S/C17H19N5O2S/c1-10(2)23-11-4-3-5-12(6-11)24-14-8-20-9-16-13(14)7-15(25-16)17(21-18)22-19/h3-10H,18-19H2,1-2H3,(H,21,22). The lowest BCUT2D eigenvalue weighted by Gasteiger charge is -2.11. The molecule has 0 saturated carbocycles. The SMILES string of the molecule is CC(C)Oc1cccc(Oc2cncc3sc(/C(=N/N)NN)cc23)c1. The predicted octanol–water partition coefficient (Wildman–Crippen LogP) is 2.96. The fourth-order valence-corrected chi connectivity index (χ4v) is 3.32. The van der Waals surface area contributed by atoms with Crippen molar-refractivity contribution in [1.82, 2.24) is 10.4 Å². The van der Waals surface area contributed by atoms with Crippen molar-refractivity contribution in [1.29, 1.82) is 0 Å². The van der Waals surface area contributed by atoms with Gasteiger partial charge in [-0.1, -0.05) is 6.07 Å². The molecule has 25 heavy (non-hydrogen) atoms. The largest absolute Gasteiger partial charge is 0.491 e. The summed E-state index contributed by atoms with van der Waals surface area (Å²) in [5, 5.41) is 4.54. The van der Waals surface area contributed by atoms with E-state index in [0.717, 1.165) is 20.7 Å². The highest BCUT2D eigenvalue weighted by molar-refractivity contribution is 7.20. The van der Waals surface area contributed by atoms with Gasteiger partial charge in [0.15, 0.2) is 11.6 Å². The van der Waals surface area contributed by atoms with Crippen LogP contribution in [0.1, 0.15) is 18.7 Å². The normalized spacial score (nSPS) is 11.8. The van der Waals surface area contributed by atoms with Crippen molar-refractivity contribution >= 4 is 27.3 Å². The molecular weight excluding hydrogens is 338 g/mol. The maximum Gasteiger partial charge on any atom is 0.176 e. The summed E-state index contributed by atoms with van der Waals surface area (Å²) in [6, 6.07) is 9.41. The van der Waals surface area contributed by atoms with Crippen LogP contribution in [0.5, 0.6) is 17.2 Å². The van der Waals surface area contributed by atoms with Gasteiger partial charge >= 0.3 is 0 Å². The fraction of sp³-hybridized carbons (Fsp3) is 0.176. The Bertz CT molecular complexity index is 907. The van der Waals surface area contributed by atoms with Crippen LogP contribution >= 0.6 is 11.3 Å². The molecule has 1 aromatic carbocycles. The topological polar surface area (TPSA) is 108 Å². The van der Waals surface area contributed by atoms with Gasteiger partial charge in [-0.05, 0) is 32.0 Å². The second-order valence-corrected chi connectivity index (χ2v) is 6.61. The minimum Gasteiger partial charge on any atom is -0.491 e. The number of hydrogen-bond acceptors (Lipinski definition) is 7. The molecule has 2 heterocycles. The summed E-state index contributed by atoms with van der Waals surface area (Å²) in [4.78, 5) is 5.04. The van der Waals surface area contributed by atoms with E-state index in [2.05, 4.69) is 15.5 Å². The molecule has 0 bridgehead atoms. The van der Waals surface area contributed by atoms with E-state index < -0.39 is 0 Å². The number of nitrogens with one attached hydrogen (secondary N) is 1. The van der Waals surface area contributed by atoms with Crippen molar-refractivity contribution in [2.75, 3.05) is 0 Å². The molecule has 0 radical (unpaired) electrons. The van der Waals surface area contributed by atoms with E-state index in [-0.39, 0.29) is 6.10 Å². The molecule has 130 valence electrons. The van der Waals surface area contributed by atoms with Crippen molar-refractivity contribution in [3.63, 3.8) is 0 Å². The third kappa shape index (κ3) is 3.81. The third-order valence-electron chi connectivity index (χ3n) is 3.31. The lowest BCUT2D eigenvalue weighted by molar-refractivity contribution is 0.241. The van der Waals surface area contributed by atoms with Crippen LogP contribution in [0.2, 0.25) is 0 Å². The zero-order chi connectivity index (χ0) is 17.8. The molecule has 8 heteroatoms. The van der Waals surface area contributed by atoms with Crippen molar-refractivity contribution in [3.8, 4) is 17.2 Å². The second kappa shape index (κ2) is 7.37. The van der Waals surface area contributed by atoms with E-state index in [1.165, 1.54) is 11.3 Å². The minimum absolute atomic E-state index is 0.0949. The van der Waals surface area contributed by atoms with Gasteiger partial charge in [0.25, 0.3) is 0 Å². The summed E-state index contributed by atoms with van der Waals surface area (Å²) in [6.45, 7) is 3.96. The number of nitrogens with two attached hydrogens (primary N) is 2. The van der Waals surface area contributed by atoms with Crippen LogP contribution in [0.15, 0.2) is 47.8 Å². The highest BCUT2D eigenvalue weighted by Gasteiger charge is 2.12. The van der Waals surface area contributed by atoms with E-state index in [4.69, 9.17) is 21.2 Å². The number of fused-ring (bicyclic) bond motifs is 1. The number of amidine groups is 1. The summed E-state index contributed by atoms with van der Waals surface area (Å²) in [5.74, 6) is 13.2. The van der Waals surface area contributed by atoms with Gasteiger partial charge in [-0.15, -0.1) is 11.3 Å². The molecule has 0 aliphatic carbocycles. The van der Waals surface area contributed by atoms with Gasteiger partial charge in [0.05, 0.1) is 21.9 Å². The van der Waals surface area contributed by atoms with Crippen LogP contribution in [0.4, 0.5) is 0 Å². The molecule has 7 nitrogen and oxygen atoms in total. The maximum atomic E-state index is 6.02. The van der Waals surface area contributed by atoms with Gasteiger partial charge in [-0.3, -0.25) is 4.98 Å². The maximum absolute atomic E-state index is 6.02. The third-order valence-corrected chi connectivity index (χ3v) is 4.39. The lowest BCUT2D eigenvalue weighted by atomic mass is 10.2. The first kappa shape index (κ1) is 17.0. The van der Waals surface area contributed by atoms with Gasteiger partial charge in [0.2, 0.25) is 0 Å². The van der Waals surface area contributed by atoms with Crippen LogP contribution in [0, 0.1) is 0 Å². The van der Waals surface area contributed by atoms with E-state index in [1.807, 2.05) is 44.2 Å². The van der Waals surface area contributed by atoms with Crippen molar-refractivity contribution < 1.29 is 9.47 Å². The molecule has 0 amide bonds. The molecule has 2 aromatic heterocycles. The second-order valence-electron chi connectivity index (χ2n) is 5.53. The molecule has 3 rings (SSSR count). The molecule has 0 spiro atoms. The Hall–Kier alpha value is -2.84. The number of ether oxygens (including phenoxy) is 2. The van der Waals surface area contributed by atoms with Crippen molar-refractivity contribution in [2.24, 2.45) is 16.8 Å². The first-order chi connectivity index (χ1) is 12.1. The average Bonchev–Trinajstić information content (AvgIpc) is 3.01. The summed E-state index contributed by atoms with van der Waals surface area (Å²) in [6.07, 6.45) is 3.53. The number of rotatable bonds is 5. The first-order valence-electron chi connectivity index (χ1n) is 7.67. The Kier molecular flexibility index (Phi) is 5.01. The van der Waals surface area contributed by atoms with Crippen LogP contribution in [0.3, 0.4) is 0 Å². The summed E-state index contributed by atoms with van der Waals surface area (Å²) in [7, 11) is 0. The number of benzene rings is 1. The molecule has 0 aliphatic rings. The zero-order valence-electron chi connectivity index (χ0n) is 13.9. The monoisotopic (exact) mass is 357 g/mol. The highest BCUT2D eigenvalue weighted by atomic mass is 32.1. The first-order valence-corrected chi connectivity index (χ1v) is 8.49. The van der Waals surface area contributed by atoms with E-state index in [0.29, 0.717) is 17.3 Å². The molecular formula is C17H19N5O2S. The minimum atomic E-state index is 0.0949. The van der Waals surface area contributed by atoms with Crippen LogP contribution in [0.25, 0.3) is 10.1 Å². The number of hydrogen-bond donors (Lipinski definition) is 3. The molecule has 5 N–H and O–H groups in total. The Morgan fingerprint density at radius 3 is 2.76 bits per heavy atom. The Morgan fingerprint density at radius 2 is 2.04 bits per heavy atom.